The van der Waals surface area contributed by atoms with Crippen molar-refractivity contribution in [2.24, 2.45) is 5.73 Å². The maximum absolute atomic E-state index is 12.9. The van der Waals surface area contributed by atoms with E-state index in [9.17, 15) is 35.5 Å². The molecule has 0 aromatic heterocycles. The fourth-order valence-corrected chi connectivity index (χ4v) is 3.82. The number of hydrogen-bond donors (Lipinski definition) is 2. The third kappa shape index (κ3) is 10.4. The highest BCUT2D eigenvalue weighted by molar-refractivity contribution is 5.81. The Labute approximate surface area is 227 Å². The summed E-state index contributed by atoms with van der Waals surface area (Å²) in [6, 6.07) is 17.1. The van der Waals surface area contributed by atoms with Crippen LogP contribution in [0.2, 0.25) is 0 Å². The molecule has 0 heterocycles. The Morgan fingerprint density at radius 1 is 0.975 bits per heavy atom. The van der Waals surface area contributed by atoms with E-state index in [-0.39, 0.29) is 5.75 Å². The molecule has 0 aliphatic carbocycles. The zero-order valence-corrected chi connectivity index (χ0v) is 21.5. The minimum atomic E-state index is -4.42. The number of nitrogens with one attached hydrogen (secondary N) is 1. The fourth-order valence-electron chi connectivity index (χ4n) is 3.82. The van der Waals surface area contributed by atoms with Crippen molar-refractivity contribution < 1.29 is 40.3 Å². The highest BCUT2D eigenvalue weighted by atomic mass is 19.4. The molecular formula is C29H29F7N2O2. The zero-order chi connectivity index (χ0) is 29.9. The molecule has 0 saturated carbocycles. The number of rotatable bonds is 11. The number of benzene rings is 3. The Hall–Kier alpha value is -3.86. The van der Waals surface area contributed by atoms with E-state index in [0.717, 1.165) is 12.1 Å². The van der Waals surface area contributed by atoms with Crippen molar-refractivity contribution in [3.8, 4) is 5.75 Å². The van der Waals surface area contributed by atoms with Crippen LogP contribution in [0.1, 0.15) is 46.3 Å². The molecule has 3 rings (SSSR count). The minimum Gasteiger partial charge on any atom is -0.435 e. The van der Waals surface area contributed by atoms with Crippen molar-refractivity contribution >= 4 is 5.91 Å². The predicted octanol–water partition coefficient (Wildman–Crippen LogP) is 7.54. The first-order valence-corrected chi connectivity index (χ1v) is 12.0. The largest absolute Gasteiger partial charge is 0.435 e. The standard InChI is InChI=1S/C26H25F5N2O2.C3H4F2/c1-16-15-19(10-14-22(16)35-25(27)28)21(33-23(24(32)34)18-5-3-2-4-6-18)13-9-17-7-11-20(12-8-17)26(29,30)31;1-2-3(4)5/h2-8,10-12,14-15,21,23,25,33H,9,13H2,1H3,(H2,32,34);2-3H,1H2/t21-,23?;/m1./s1. The van der Waals surface area contributed by atoms with Gasteiger partial charge in [0, 0.05) is 6.04 Å². The Morgan fingerprint density at radius 2 is 1.57 bits per heavy atom. The lowest BCUT2D eigenvalue weighted by molar-refractivity contribution is -0.137. The molecule has 3 aromatic carbocycles. The second-order valence-electron chi connectivity index (χ2n) is 8.67. The van der Waals surface area contributed by atoms with Crippen LogP contribution < -0.4 is 15.8 Å². The van der Waals surface area contributed by atoms with Crippen LogP contribution in [0.4, 0.5) is 30.7 Å². The number of carbonyl (C=O) groups excluding carboxylic acids is 1. The second-order valence-corrected chi connectivity index (χ2v) is 8.67. The molecule has 216 valence electrons. The summed E-state index contributed by atoms with van der Waals surface area (Å²) in [5.74, 6) is -0.579. The maximum Gasteiger partial charge on any atom is 0.416 e. The van der Waals surface area contributed by atoms with Gasteiger partial charge in [-0.25, -0.2) is 8.78 Å². The van der Waals surface area contributed by atoms with E-state index in [1.165, 1.54) is 18.2 Å². The van der Waals surface area contributed by atoms with Gasteiger partial charge in [0.05, 0.1) is 5.56 Å². The molecule has 0 bridgehead atoms. The van der Waals surface area contributed by atoms with E-state index in [2.05, 4.69) is 16.6 Å². The summed E-state index contributed by atoms with van der Waals surface area (Å²) in [5, 5.41) is 3.24. The Morgan fingerprint density at radius 3 is 2.05 bits per heavy atom. The zero-order valence-electron chi connectivity index (χ0n) is 21.5. The molecule has 40 heavy (non-hydrogen) atoms. The molecule has 0 aliphatic rings. The summed E-state index contributed by atoms with van der Waals surface area (Å²) in [4.78, 5) is 12.3. The molecule has 0 fully saturated rings. The van der Waals surface area contributed by atoms with Crippen LogP contribution in [0, 0.1) is 6.92 Å². The van der Waals surface area contributed by atoms with Crippen LogP contribution >= 0.6 is 0 Å². The van der Waals surface area contributed by atoms with Crippen LogP contribution in [0.5, 0.6) is 5.75 Å². The van der Waals surface area contributed by atoms with Crippen LogP contribution in [0.3, 0.4) is 0 Å². The normalized spacial score (nSPS) is 12.8. The van der Waals surface area contributed by atoms with E-state index in [1.54, 1.807) is 49.4 Å². The van der Waals surface area contributed by atoms with Gasteiger partial charge in [0.15, 0.2) is 0 Å². The van der Waals surface area contributed by atoms with Gasteiger partial charge in [0.1, 0.15) is 11.8 Å². The quantitative estimate of drug-likeness (QED) is 0.185. The molecule has 1 unspecified atom stereocenters. The molecular weight excluding hydrogens is 541 g/mol. The third-order valence-electron chi connectivity index (χ3n) is 5.78. The lowest BCUT2D eigenvalue weighted by Crippen LogP contribution is -2.36. The fraction of sp³-hybridized carbons (Fsp3) is 0.276. The molecule has 0 aliphatic heterocycles. The van der Waals surface area contributed by atoms with Crippen LogP contribution in [0.15, 0.2) is 85.5 Å². The number of hydrogen-bond acceptors (Lipinski definition) is 3. The molecule has 1 amide bonds. The molecule has 2 atom stereocenters. The number of alkyl halides is 7. The smallest absolute Gasteiger partial charge is 0.416 e. The molecule has 11 heteroatoms. The topological polar surface area (TPSA) is 64.3 Å². The highest BCUT2D eigenvalue weighted by Crippen LogP contribution is 2.31. The molecule has 3 N–H and O–H groups in total. The molecule has 0 spiro atoms. The van der Waals surface area contributed by atoms with Crippen LogP contribution in [-0.2, 0) is 17.4 Å². The summed E-state index contributed by atoms with van der Waals surface area (Å²) < 4.78 is 89.8. The van der Waals surface area contributed by atoms with E-state index in [1.807, 2.05) is 0 Å². The molecule has 3 aromatic rings. The van der Waals surface area contributed by atoms with Gasteiger partial charge in [0.25, 0.3) is 6.43 Å². The summed E-state index contributed by atoms with van der Waals surface area (Å²) >= 11 is 0. The first kappa shape index (κ1) is 32.4. The monoisotopic (exact) mass is 570 g/mol. The lowest BCUT2D eigenvalue weighted by Gasteiger charge is -2.26. The Balaban J connectivity index is 0.00000103. The first-order chi connectivity index (χ1) is 18.8. The van der Waals surface area contributed by atoms with Crippen molar-refractivity contribution in [2.45, 2.75) is 51.1 Å². The number of halogens is 7. The van der Waals surface area contributed by atoms with Crippen LogP contribution in [0.25, 0.3) is 0 Å². The summed E-state index contributed by atoms with van der Waals surface area (Å²) in [7, 11) is 0. The molecule has 4 nitrogen and oxygen atoms in total. The van der Waals surface area contributed by atoms with Gasteiger partial charge in [-0.1, -0.05) is 61.2 Å². The number of allylic oxidation sites excluding steroid dienone is 1. The summed E-state index contributed by atoms with van der Waals surface area (Å²) in [6.45, 7) is 1.46. The molecule has 0 radical (unpaired) electrons. The van der Waals surface area contributed by atoms with E-state index in [4.69, 9.17) is 5.73 Å². The van der Waals surface area contributed by atoms with Crippen LogP contribution in [-0.4, -0.2) is 18.9 Å². The number of amides is 1. The van der Waals surface area contributed by atoms with Crippen molar-refractivity contribution in [3.63, 3.8) is 0 Å². The summed E-state index contributed by atoms with van der Waals surface area (Å²) in [5.41, 5.74) is 7.41. The van der Waals surface area contributed by atoms with Crippen molar-refractivity contribution in [3.05, 3.63) is 113 Å². The van der Waals surface area contributed by atoms with Gasteiger partial charge >= 0.3 is 12.8 Å². The van der Waals surface area contributed by atoms with Gasteiger partial charge < -0.3 is 10.5 Å². The van der Waals surface area contributed by atoms with Gasteiger partial charge in [-0.3, -0.25) is 10.1 Å². The van der Waals surface area contributed by atoms with E-state index < -0.39 is 42.8 Å². The summed E-state index contributed by atoms with van der Waals surface area (Å²) in [6.07, 6.45) is -5.40. The van der Waals surface area contributed by atoms with Gasteiger partial charge in [-0.2, -0.15) is 22.0 Å². The van der Waals surface area contributed by atoms with Crippen molar-refractivity contribution in [2.75, 3.05) is 0 Å². The maximum atomic E-state index is 12.9. The number of aryl methyl sites for hydroxylation is 2. The van der Waals surface area contributed by atoms with Crippen molar-refractivity contribution in [1.82, 2.24) is 5.32 Å². The number of ether oxygens (including phenoxy) is 1. The van der Waals surface area contributed by atoms with Gasteiger partial charge in [0.2, 0.25) is 5.91 Å². The predicted molar refractivity (Wildman–Crippen MR) is 138 cm³/mol. The van der Waals surface area contributed by atoms with Crippen molar-refractivity contribution in [1.29, 1.82) is 0 Å². The number of nitrogens with two attached hydrogens (primary N) is 1. The third-order valence-corrected chi connectivity index (χ3v) is 5.78. The first-order valence-electron chi connectivity index (χ1n) is 12.0. The number of primary amides is 1. The lowest BCUT2D eigenvalue weighted by atomic mass is 9.95. The minimum absolute atomic E-state index is 0.0275. The SMILES string of the molecule is C=CC(F)F.Cc1cc([C@@H](CCc2ccc(C(F)(F)F)cc2)NC(C(N)=O)c2ccccc2)ccc1OC(F)F. The van der Waals surface area contributed by atoms with Gasteiger partial charge in [-0.05, 0) is 66.3 Å². The average Bonchev–Trinajstić information content (AvgIpc) is 2.90. The Kier molecular flexibility index (Phi) is 12.2. The highest BCUT2D eigenvalue weighted by Gasteiger charge is 2.30. The second kappa shape index (κ2) is 15.1. The Bertz CT molecular complexity index is 1220. The average molecular weight is 571 g/mol. The molecule has 0 saturated heterocycles. The van der Waals surface area contributed by atoms with Gasteiger partial charge in [-0.15, -0.1) is 0 Å². The number of carbonyl (C=O) groups is 1. The van der Waals surface area contributed by atoms with E-state index in [0.29, 0.717) is 41.2 Å². The van der Waals surface area contributed by atoms with E-state index >= 15 is 0 Å².